The van der Waals surface area contributed by atoms with Crippen LogP contribution in [0.2, 0.25) is 0 Å². The van der Waals surface area contributed by atoms with Crippen LogP contribution >= 0.6 is 0 Å². The van der Waals surface area contributed by atoms with Crippen molar-refractivity contribution >= 4 is 11.9 Å². The van der Waals surface area contributed by atoms with Gasteiger partial charge in [0, 0.05) is 12.5 Å². The number of benzene rings is 1. The molecule has 2 aliphatic heterocycles. The Morgan fingerprint density at radius 3 is 2.32 bits per heavy atom. The number of furan rings is 1. The predicted octanol–water partition coefficient (Wildman–Crippen LogP) is 3.60. The molecule has 2 aromatic rings. The Labute approximate surface area is 198 Å². The fraction of sp³-hybridized carbons (Fsp3) is 0.538. The van der Waals surface area contributed by atoms with E-state index in [1.165, 1.54) is 17.0 Å². The monoisotopic (exact) mass is 469 g/mol. The van der Waals surface area contributed by atoms with Gasteiger partial charge in [0.15, 0.2) is 0 Å². The van der Waals surface area contributed by atoms with Crippen LogP contribution in [0.25, 0.3) is 0 Å². The molecule has 3 aliphatic rings. The summed E-state index contributed by atoms with van der Waals surface area (Å²) in [5.74, 6) is 0.908. The first kappa shape index (κ1) is 23.1. The van der Waals surface area contributed by atoms with E-state index < -0.39 is 5.54 Å². The molecule has 1 atom stereocenters. The van der Waals surface area contributed by atoms with Gasteiger partial charge in [-0.25, -0.2) is 9.18 Å². The molecule has 182 valence electrons. The molecular formula is C26H32FN3O4. The minimum atomic E-state index is -1.00. The maximum Gasteiger partial charge on any atom is 0.325 e. The number of urea groups is 1. The number of likely N-dealkylation sites (tertiary alicyclic amines) is 1. The van der Waals surface area contributed by atoms with Gasteiger partial charge in [0.1, 0.15) is 29.5 Å². The van der Waals surface area contributed by atoms with Gasteiger partial charge in [-0.2, -0.15) is 0 Å². The van der Waals surface area contributed by atoms with Gasteiger partial charge in [0.25, 0.3) is 5.91 Å². The van der Waals surface area contributed by atoms with E-state index in [0.29, 0.717) is 18.7 Å². The first-order chi connectivity index (χ1) is 16.5. The van der Waals surface area contributed by atoms with E-state index in [2.05, 4.69) is 10.2 Å². The van der Waals surface area contributed by atoms with E-state index in [9.17, 15) is 19.1 Å². The van der Waals surface area contributed by atoms with E-state index >= 15 is 0 Å². The van der Waals surface area contributed by atoms with Crippen molar-refractivity contribution in [1.82, 2.24) is 15.1 Å². The van der Waals surface area contributed by atoms with Crippen LogP contribution in [0, 0.1) is 11.7 Å². The third-order valence-electron chi connectivity index (χ3n) is 7.77. The van der Waals surface area contributed by atoms with Crippen molar-refractivity contribution in [2.24, 2.45) is 5.92 Å². The highest BCUT2D eigenvalue weighted by Gasteiger charge is 2.57. The van der Waals surface area contributed by atoms with Gasteiger partial charge >= 0.3 is 6.03 Å². The van der Waals surface area contributed by atoms with Crippen molar-refractivity contribution in [3.63, 3.8) is 0 Å². The molecule has 3 fully saturated rings. The molecule has 1 aromatic heterocycles. The minimum Gasteiger partial charge on any atom is -0.462 e. The number of halogens is 1. The molecule has 0 bridgehead atoms. The lowest BCUT2D eigenvalue weighted by Crippen LogP contribution is -2.57. The Morgan fingerprint density at radius 2 is 1.68 bits per heavy atom. The number of nitrogens with one attached hydrogen (secondary N) is 1. The Morgan fingerprint density at radius 1 is 1.00 bits per heavy atom. The Hall–Kier alpha value is -2.71. The number of carbonyl (C=O) groups excluding carboxylic acids is 2. The summed E-state index contributed by atoms with van der Waals surface area (Å²) >= 11 is 0. The van der Waals surface area contributed by atoms with Crippen molar-refractivity contribution in [3.05, 3.63) is 59.3 Å². The van der Waals surface area contributed by atoms with Gasteiger partial charge in [-0.15, -0.1) is 0 Å². The molecule has 8 heteroatoms. The van der Waals surface area contributed by atoms with Crippen LogP contribution < -0.4 is 5.32 Å². The predicted molar refractivity (Wildman–Crippen MR) is 123 cm³/mol. The zero-order chi connectivity index (χ0) is 23.7. The number of aliphatic hydroxyl groups is 1. The normalized spacial score (nSPS) is 24.8. The Balaban J connectivity index is 1.35. The maximum atomic E-state index is 13.9. The number of piperidine rings is 1. The van der Waals surface area contributed by atoms with E-state index in [1.807, 2.05) is 6.07 Å². The van der Waals surface area contributed by atoms with Crippen LogP contribution in [0.4, 0.5) is 9.18 Å². The van der Waals surface area contributed by atoms with Crippen LogP contribution in [0.1, 0.15) is 55.6 Å². The number of aliphatic hydroxyl groups excluding tert-OH is 1. The highest BCUT2D eigenvalue weighted by Crippen LogP contribution is 2.39. The number of imide groups is 1. The zero-order valence-corrected chi connectivity index (χ0v) is 19.3. The summed E-state index contributed by atoms with van der Waals surface area (Å²) in [6.07, 6.45) is 5.69. The lowest BCUT2D eigenvalue weighted by molar-refractivity contribution is -0.135. The van der Waals surface area contributed by atoms with Gasteiger partial charge in [-0.1, -0.05) is 25.0 Å². The summed E-state index contributed by atoms with van der Waals surface area (Å²) < 4.78 is 19.2. The van der Waals surface area contributed by atoms with Crippen molar-refractivity contribution in [2.45, 2.75) is 69.7 Å². The molecule has 2 N–H and O–H groups in total. The van der Waals surface area contributed by atoms with Crippen molar-refractivity contribution < 1.29 is 23.5 Å². The smallest absolute Gasteiger partial charge is 0.325 e. The molecule has 2 saturated heterocycles. The molecule has 1 aliphatic carbocycles. The van der Waals surface area contributed by atoms with Crippen molar-refractivity contribution in [2.75, 3.05) is 13.1 Å². The molecule has 7 nitrogen and oxygen atoms in total. The van der Waals surface area contributed by atoms with Crippen LogP contribution in [0.5, 0.6) is 0 Å². The molecule has 0 radical (unpaired) electrons. The van der Waals surface area contributed by atoms with Crippen LogP contribution in [0.15, 0.2) is 40.8 Å². The SMILES string of the molecule is O=C1NC(Cc2ccc(F)cc2)(C2CCN(Cc3ccc(CO)o3)CC2)C(=O)N1C1CCCC1. The molecule has 3 heterocycles. The second-order valence-electron chi connectivity index (χ2n) is 9.89. The summed E-state index contributed by atoms with van der Waals surface area (Å²) in [4.78, 5) is 30.8. The van der Waals surface area contributed by atoms with Crippen molar-refractivity contribution in [3.8, 4) is 0 Å². The summed E-state index contributed by atoms with van der Waals surface area (Å²) in [6.45, 7) is 2.08. The second kappa shape index (κ2) is 9.50. The fourth-order valence-electron chi connectivity index (χ4n) is 5.97. The highest BCUT2D eigenvalue weighted by atomic mass is 19.1. The van der Waals surface area contributed by atoms with Gasteiger partial charge < -0.3 is 14.8 Å². The topological polar surface area (TPSA) is 86.0 Å². The number of amides is 3. The number of rotatable bonds is 7. The van der Waals surface area contributed by atoms with Gasteiger partial charge in [0.05, 0.1) is 6.54 Å². The van der Waals surface area contributed by atoms with Crippen LogP contribution in [-0.4, -0.2) is 51.5 Å². The summed E-state index contributed by atoms with van der Waals surface area (Å²) in [5.41, 5.74) is -0.156. The first-order valence-electron chi connectivity index (χ1n) is 12.3. The van der Waals surface area contributed by atoms with E-state index in [0.717, 1.165) is 62.9 Å². The average Bonchev–Trinajstić information content (AvgIpc) is 3.57. The van der Waals surface area contributed by atoms with Gasteiger partial charge in [0.2, 0.25) is 0 Å². The first-order valence-corrected chi connectivity index (χ1v) is 12.3. The molecule has 1 saturated carbocycles. The summed E-state index contributed by atoms with van der Waals surface area (Å²) in [6, 6.07) is 9.59. The highest BCUT2D eigenvalue weighted by molar-refractivity contribution is 6.07. The van der Waals surface area contributed by atoms with Gasteiger partial charge in [-0.05, 0) is 74.5 Å². The van der Waals surface area contributed by atoms with Crippen LogP contribution in [0.3, 0.4) is 0 Å². The fourth-order valence-corrected chi connectivity index (χ4v) is 5.97. The number of carbonyl (C=O) groups is 2. The average molecular weight is 470 g/mol. The van der Waals surface area contributed by atoms with Crippen molar-refractivity contribution in [1.29, 1.82) is 0 Å². The second-order valence-corrected chi connectivity index (χ2v) is 9.89. The molecule has 3 amide bonds. The molecule has 5 rings (SSSR count). The Bertz CT molecular complexity index is 1020. The third kappa shape index (κ3) is 4.36. The lowest BCUT2D eigenvalue weighted by Gasteiger charge is -2.41. The number of hydrogen-bond acceptors (Lipinski definition) is 5. The third-order valence-corrected chi connectivity index (χ3v) is 7.77. The number of nitrogens with zero attached hydrogens (tertiary/aromatic N) is 2. The van der Waals surface area contributed by atoms with E-state index in [1.54, 1.807) is 18.2 Å². The lowest BCUT2D eigenvalue weighted by atomic mass is 9.73. The Kier molecular flexibility index (Phi) is 6.44. The molecule has 1 unspecified atom stereocenters. The maximum absolute atomic E-state index is 13.9. The van der Waals surface area contributed by atoms with Gasteiger partial charge in [-0.3, -0.25) is 14.6 Å². The summed E-state index contributed by atoms with van der Waals surface area (Å²) in [5, 5.41) is 12.4. The van der Waals surface area contributed by atoms with Crippen LogP contribution in [-0.2, 0) is 24.4 Å². The largest absolute Gasteiger partial charge is 0.462 e. The molecule has 34 heavy (non-hydrogen) atoms. The standard InChI is InChI=1S/C26H32FN3O4/c27-20-7-5-18(6-8-20)15-26(24(32)30(25(33)28-26)21-3-1-2-4-21)19-11-13-29(14-12-19)16-22-9-10-23(17-31)34-22/h5-10,19,21,31H,1-4,11-17H2,(H,28,33). The minimum absolute atomic E-state index is 0.0127. The van der Waals surface area contributed by atoms with E-state index in [4.69, 9.17) is 4.42 Å². The zero-order valence-electron chi connectivity index (χ0n) is 19.3. The summed E-state index contributed by atoms with van der Waals surface area (Å²) in [7, 11) is 0. The van der Waals surface area contributed by atoms with E-state index in [-0.39, 0.29) is 36.3 Å². The molecule has 1 aromatic carbocycles. The molecule has 0 spiro atoms. The molecular weight excluding hydrogens is 437 g/mol. The quantitative estimate of drug-likeness (QED) is 0.606. The number of hydrogen-bond donors (Lipinski definition) is 2.